The van der Waals surface area contributed by atoms with Crippen molar-refractivity contribution in [3.63, 3.8) is 0 Å². The minimum absolute atomic E-state index is 0.255. The molecule has 0 aliphatic rings. The summed E-state index contributed by atoms with van der Waals surface area (Å²) in [6.07, 6.45) is 6.44. The van der Waals surface area contributed by atoms with Crippen LogP contribution in [-0.2, 0) is 0 Å². The number of hydrogen-bond acceptors (Lipinski definition) is 6. The highest BCUT2D eigenvalue weighted by Gasteiger charge is 2.14. The van der Waals surface area contributed by atoms with Crippen LogP contribution in [0.15, 0.2) is 55.1 Å². The van der Waals surface area contributed by atoms with E-state index >= 15 is 0 Å². The van der Waals surface area contributed by atoms with Crippen molar-refractivity contribution in [1.29, 1.82) is 0 Å². The molecule has 0 amide bonds. The van der Waals surface area contributed by atoms with Gasteiger partial charge in [0.1, 0.15) is 5.82 Å². The van der Waals surface area contributed by atoms with Crippen molar-refractivity contribution in [2.45, 2.75) is 6.92 Å². The molecular formula is C18H13FN6. The maximum atomic E-state index is 14.3. The van der Waals surface area contributed by atoms with E-state index in [1.807, 2.05) is 6.92 Å². The number of rotatable bonds is 3. The van der Waals surface area contributed by atoms with Crippen LogP contribution in [0.5, 0.6) is 0 Å². The molecule has 0 unspecified atom stereocenters. The van der Waals surface area contributed by atoms with Crippen LogP contribution in [-0.4, -0.2) is 24.9 Å². The average Bonchev–Trinajstić information content (AvgIpc) is 2.64. The molecule has 0 atom stereocenters. The van der Waals surface area contributed by atoms with Crippen molar-refractivity contribution in [3.05, 3.63) is 66.5 Å². The predicted molar refractivity (Wildman–Crippen MR) is 92.8 cm³/mol. The Morgan fingerprint density at radius 1 is 0.920 bits per heavy atom. The van der Waals surface area contributed by atoms with Gasteiger partial charge in [-0.3, -0.25) is 4.98 Å². The average molecular weight is 332 g/mol. The summed E-state index contributed by atoms with van der Waals surface area (Å²) in [5.74, 6) is 0.328. The predicted octanol–water partition coefficient (Wildman–Crippen LogP) is 3.67. The van der Waals surface area contributed by atoms with Gasteiger partial charge in [0.2, 0.25) is 0 Å². The summed E-state index contributed by atoms with van der Waals surface area (Å²) >= 11 is 0. The highest BCUT2D eigenvalue weighted by Crippen LogP contribution is 2.26. The second kappa shape index (κ2) is 6.20. The van der Waals surface area contributed by atoms with Crippen LogP contribution in [0.4, 0.5) is 15.9 Å². The monoisotopic (exact) mass is 332 g/mol. The van der Waals surface area contributed by atoms with Gasteiger partial charge in [0, 0.05) is 30.5 Å². The van der Waals surface area contributed by atoms with Gasteiger partial charge in [-0.2, -0.15) is 0 Å². The van der Waals surface area contributed by atoms with E-state index < -0.39 is 0 Å². The molecule has 1 aromatic carbocycles. The normalized spacial score (nSPS) is 10.8. The van der Waals surface area contributed by atoms with Gasteiger partial charge in [-0.1, -0.05) is 11.6 Å². The smallest absolute Gasteiger partial charge is 0.184 e. The Hall–Kier alpha value is -3.48. The number of nitrogens with one attached hydrogen (secondary N) is 1. The van der Waals surface area contributed by atoms with Crippen molar-refractivity contribution in [3.8, 4) is 11.4 Å². The number of halogens is 1. The lowest BCUT2D eigenvalue weighted by Crippen LogP contribution is -2.02. The van der Waals surface area contributed by atoms with E-state index in [1.165, 1.54) is 6.07 Å². The number of hydrogen-bond donors (Lipinski definition) is 1. The molecule has 0 saturated heterocycles. The van der Waals surface area contributed by atoms with Gasteiger partial charge >= 0.3 is 0 Å². The van der Waals surface area contributed by atoms with Crippen LogP contribution < -0.4 is 5.32 Å². The zero-order chi connectivity index (χ0) is 17.2. The Morgan fingerprint density at radius 3 is 2.56 bits per heavy atom. The van der Waals surface area contributed by atoms with E-state index in [0.29, 0.717) is 22.5 Å². The lowest BCUT2D eigenvalue weighted by molar-refractivity contribution is 0.629. The fourth-order valence-corrected chi connectivity index (χ4v) is 2.45. The zero-order valence-electron chi connectivity index (χ0n) is 13.3. The van der Waals surface area contributed by atoms with Crippen LogP contribution in [0, 0.1) is 12.7 Å². The van der Waals surface area contributed by atoms with Crippen molar-refractivity contribution in [2.24, 2.45) is 0 Å². The molecule has 4 aromatic rings. The zero-order valence-corrected chi connectivity index (χ0v) is 13.3. The molecule has 0 radical (unpaired) electrons. The first-order valence-electron chi connectivity index (χ1n) is 7.63. The Bertz CT molecular complexity index is 1050. The molecule has 7 heteroatoms. The first-order chi connectivity index (χ1) is 12.2. The number of pyridine rings is 1. The van der Waals surface area contributed by atoms with Gasteiger partial charge in [-0.15, -0.1) is 0 Å². The number of aromatic nitrogens is 5. The molecule has 25 heavy (non-hydrogen) atoms. The van der Waals surface area contributed by atoms with E-state index in [1.54, 1.807) is 49.1 Å². The fourth-order valence-electron chi connectivity index (χ4n) is 2.45. The Labute approximate surface area is 142 Å². The minimum Gasteiger partial charge on any atom is -0.338 e. The molecule has 0 fully saturated rings. The van der Waals surface area contributed by atoms with Gasteiger partial charge in [-0.25, -0.2) is 24.3 Å². The molecule has 0 bridgehead atoms. The molecule has 0 aliphatic carbocycles. The van der Waals surface area contributed by atoms with E-state index in [2.05, 4.69) is 30.2 Å². The second-order valence-corrected chi connectivity index (χ2v) is 5.47. The number of anilines is 2. The second-order valence-electron chi connectivity index (χ2n) is 5.47. The van der Waals surface area contributed by atoms with Gasteiger partial charge in [-0.05, 0) is 31.2 Å². The lowest BCUT2D eigenvalue weighted by atomic mass is 10.1. The molecule has 0 aliphatic heterocycles. The van der Waals surface area contributed by atoms with E-state index in [0.717, 1.165) is 11.3 Å². The third-order valence-corrected chi connectivity index (χ3v) is 3.64. The molecule has 4 rings (SSSR count). The molecule has 3 heterocycles. The van der Waals surface area contributed by atoms with Crippen LogP contribution >= 0.6 is 0 Å². The minimum atomic E-state index is -0.385. The maximum absolute atomic E-state index is 14.3. The summed E-state index contributed by atoms with van der Waals surface area (Å²) in [7, 11) is 0. The lowest BCUT2D eigenvalue weighted by Gasteiger charge is -2.10. The van der Waals surface area contributed by atoms with Crippen LogP contribution in [0.3, 0.4) is 0 Å². The summed E-state index contributed by atoms with van der Waals surface area (Å²) < 4.78 is 14.3. The first kappa shape index (κ1) is 15.1. The first-order valence-corrected chi connectivity index (χ1v) is 7.63. The summed E-state index contributed by atoms with van der Waals surface area (Å²) in [6.45, 7) is 1.89. The number of nitrogens with zero attached hydrogens (tertiary/aromatic N) is 5. The quantitative estimate of drug-likeness (QED) is 0.617. The van der Waals surface area contributed by atoms with Gasteiger partial charge < -0.3 is 5.32 Å². The van der Waals surface area contributed by atoms with Crippen molar-refractivity contribution >= 4 is 22.7 Å². The number of benzene rings is 1. The summed E-state index contributed by atoms with van der Waals surface area (Å²) in [5.41, 5.74) is 2.94. The Kier molecular flexibility index (Phi) is 3.74. The van der Waals surface area contributed by atoms with Crippen molar-refractivity contribution in [1.82, 2.24) is 24.9 Å². The third-order valence-electron chi connectivity index (χ3n) is 3.64. The highest BCUT2D eigenvalue weighted by atomic mass is 19.1. The molecule has 0 saturated carbocycles. The van der Waals surface area contributed by atoms with Crippen LogP contribution in [0.1, 0.15) is 5.56 Å². The largest absolute Gasteiger partial charge is 0.338 e. The van der Waals surface area contributed by atoms with Crippen LogP contribution in [0.25, 0.3) is 22.6 Å². The fraction of sp³-hybridized carbons (Fsp3) is 0.0556. The number of fused-ring (bicyclic) bond motifs is 1. The summed E-state index contributed by atoms with van der Waals surface area (Å²) in [4.78, 5) is 21.4. The summed E-state index contributed by atoms with van der Waals surface area (Å²) in [6, 6.07) is 8.43. The van der Waals surface area contributed by atoms with Crippen molar-refractivity contribution in [2.75, 3.05) is 5.32 Å². The Balaban J connectivity index is 1.91. The van der Waals surface area contributed by atoms with E-state index in [4.69, 9.17) is 0 Å². The third kappa shape index (κ3) is 2.99. The SMILES string of the molecule is Cc1ccc(F)c(-c2nc(Nc3ccncc3)c3nccnc3n2)c1. The summed E-state index contributed by atoms with van der Waals surface area (Å²) in [5, 5.41) is 3.18. The van der Waals surface area contributed by atoms with Gasteiger partial charge in [0.15, 0.2) is 22.8 Å². The van der Waals surface area contributed by atoms with Gasteiger partial charge in [0.25, 0.3) is 0 Å². The van der Waals surface area contributed by atoms with Crippen molar-refractivity contribution < 1.29 is 4.39 Å². The molecular weight excluding hydrogens is 319 g/mol. The van der Waals surface area contributed by atoms with E-state index in [-0.39, 0.29) is 11.6 Å². The van der Waals surface area contributed by atoms with E-state index in [9.17, 15) is 4.39 Å². The molecule has 1 N–H and O–H groups in total. The standard InChI is InChI=1S/C18H13FN6/c1-11-2-3-14(19)13(10-11)16-24-17-15(21-8-9-22-17)18(25-16)23-12-4-6-20-7-5-12/h2-10H,1H3,(H,20,22,23,24,25). The molecule has 3 aromatic heterocycles. The van der Waals surface area contributed by atoms with Gasteiger partial charge in [0.05, 0.1) is 5.56 Å². The number of aryl methyl sites for hydroxylation is 1. The highest BCUT2D eigenvalue weighted by molar-refractivity contribution is 5.86. The Morgan fingerprint density at radius 2 is 1.72 bits per heavy atom. The topological polar surface area (TPSA) is 76.5 Å². The molecule has 122 valence electrons. The molecule has 6 nitrogen and oxygen atoms in total. The maximum Gasteiger partial charge on any atom is 0.184 e. The van der Waals surface area contributed by atoms with Crippen LogP contribution in [0.2, 0.25) is 0 Å². The molecule has 0 spiro atoms.